The van der Waals surface area contributed by atoms with Crippen LogP contribution in [0.1, 0.15) is 16.5 Å². The number of benzene rings is 1. The molecule has 1 unspecified atom stereocenters. The molecule has 82 valence electrons. The second kappa shape index (κ2) is 4.58. The van der Waals surface area contributed by atoms with Crippen molar-refractivity contribution in [1.82, 2.24) is 4.98 Å². The van der Waals surface area contributed by atoms with Gasteiger partial charge in [-0.25, -0.2) is 8.78 Å². The van der Waals surface area contributed by atoms with Crippen molar-refractivity contribution in [3.05, 3.63) is 65.5 Å². The molecule has 0 aliphatic rings. The monoisotopic (exact) mass is 239 g/mol. The van der Waals surface area contributed by atoms with Crippen molar-refractivity contribution in [2.45, 2.75) is 5.38 Å². The van der Waals surface area contributed by atoms with Crippen LogP contribution in [0, 0.1) is 11.6 Å². The summed E-state index contributed by atoms with van der Waals surface area (Å²) in [5, 5.41) is -0.658. The minimum Gasteiger partial charge on any atom is -0.264 e. The van der Waals surface area contributed by atoms with Crippen molar-refractivity contribution < 1.29 is 8.78 Å². The molecule has 0 N–H and O–H groups in total. The first kappa shape index (κ1) is 11.0. The Morgan fingerprint density at radius 2 is 2.00 bits per heavy atom. The molecule has 2 aromatic rings. The Labute approximate surface area is 96.7 Å². The van der Waals surface area contributed by atoms with Gasteiger partial charge in [0.2, 0.25) is 0 Å². The van der Waals surface area contributed by atoms with Gasteiger partial charge in [-0.2, -0.15) is 0 Å². The van der Waals surface area contributed by atoms with E-state index in [9.17, 15) is 8.78 Å². The number of rotatable bonds is 2. The molecule has 1 aromatic carbocycles. The first-order valence-corrected chi connectivity index (χ1v) is 5.11. The zero-order valence-electron chi connectivity index (χ0n) is 8.20. The molecule has 1 heterocycles. The number of alkyl halides is 1. The average Bonchev–Trinajstić information content (AvgIpc) is 2.29. The maximum atomic E-state index is 13.4. The SMILES string of the molecule is Fc1ccc(C(Cl)c2cccnc2)c(F)c1. The molecule has 0 bridgehead atoms. The zero-order valence-corrected chi connectivity index (χ0v) is 8.96. The molecule has 0 saturated carbocycles. The predicted octanol–water partition coefficient (Wildman–Crippen LogP) is 3.69. The molecule has 0 saturated heterocycles. The average molecular weight is 240 g/mol. The maximum absolute atomic E-state index is 13.4. The number of aromatic nitrogens is 1. The van der Waals surface area contributed by atoms with Crippen LogP contribution >= 0.6 is 11.6 Å². The van der Waals surface area contributed by atoms with Crippen molar-refractivity contribution in [2.75, 3.05) is 0 Å². The van der Waals surface area contributed by atoms with Crippen molar-refractivity contribution in [2.24, 2.45) is 0 Å². The summed E-state index contributed by atoms with van der Waals surface area (Å²) >= 11 is 6.09. The van der Waals surface area contributed by atoms with Crippen molar-refractivity contribution >= 4 is 11.6 Å². The lowest BCUT2D eigenvalue weighted by molar-refractivity contribution is 0.573. The van der Waals surface area contributed by atoms with E-state index in [0.717, 1.165) is 6.07 Å². The van der Waals surface area contributed by atoms with Gasteiger partial charge in [-0.05, 0) is 17.7 Å². The van der Waals surface area contributed by atoms with E-state index in [1.807, 2.05) is 0 Å². The van der Waals surface area contributed by atoms with Crippen LogP contribution in [-0.2, 0) is 0 Å². The summed E-state index contributed by atoms with van der Waals surface area (Å²) in [6.45, 7) is 0. The zero-order chi connectivity index (χ0) is 11.5. The van der Waals surface area contributed by atoms with E-state index < -0.39 is 17.0 Å². The quantitative estimate of drug-likeness (QED) is 0.729. The van der Waals surface area contributed by atoms with Gasteiger partial charge in [-0.3, -0.25) is 4.98 Å². The number of nitrogens with zero attached hydrogens (tertiary/aromatic N) is 1. The summed E-state index contributed by atoms with van der Waals surface area (Å²) in [6, 6.07) is 6.81. The number of pyridine rings is 1. The van der Waals surface area contributed by atoms with Crippen LogP contribution in [0.25, 0.3) is 0 Å². The van der Waals surface area contributed by atoms with Gasteiger partial charge in [0.25, 0.3) is 0 Å². The van der Waals surface area contributed by atoms with Crippen LogP contribution in [0.15, 0.2) is 42.7 Å². The maximum Gasteiger partial charge on any atom is 0.131 e. The molecular formula is C12H8ClF2N. The third kappa shape index (κ3) is 2.19. The molecule has 16 heavy (non-hydrogen) atoms. The summed E-state index contributed by atoms with van der Waals surface area (Å²) in [7, 11) is 0. The lowest BCUT2D eigenvalue weighted by Crippen LogP contribution is -1.98. The Balaban J connectivity index is 2.38. The molecule has 0 fully saturated rings. The standard InChI is InChI=1S/C12H8ClF2N/c13-12(8-2-1-5-16-7-8)10-4-3-9(14)6-11(10)15/h1-7,12H. The molecule has 0 aliphatic heterocycles. The fourth-order valence-electron chi connectivity index (χ4n) is 1.41. The summed E-state index contributed by atoms with van der Waals surface area (Å²) in [5.74, 6) is -1.26. The lowest BCUT2D eigenvalue weighted by atomic mass is 10.1. The van der Waals surface area contributed by atoms with Gasteiger partial charge < -0.3 is 0 Å². The molecule has 0 aliphatic carbocycles. The minimum atomic E-state index is -0.658. The second-order valence-corrected chi connectivity index (χ2v) is 3.75. The van der Waals surface area contributed by atoms with Crippen LogP contribution in [0.4, 0.5) is 8.78 Å². The molecule has 2 rings (SSSR count). The normalized spacial score (nSPS) is 12.4. The van der Waals surface area contributed by atoms with Crippen LogP contribution in [0.2, 0.25) is 0 Å². The van der Waals surface area contributed by atoms with Crippen LogP contribution < -0.4 is 0 Å². The van der Waals surface area contributed by atoms with Gasteiger partial charge in [0, 0.05) is 24.0 Å². The Bertz CT molecular complexity index is 488. The van der Waals surface area contributed by atoms with E-state index in [0.29, 0.717) is 5.56 Å². The second-order valence-electron chi connectivity index (χ2n) is 3.31. The molecule has 0 amide bonds. The molecule has 1 aromatic heterocycles. The van der Waals surface area contributed by atoms with E-state index in [2.05, 4.69) is 4.98 Å². The Kier molecular flexibility index (Phi) is 3.15. The molecule has 4 heteroatoms. The van der Waals surface area contributed by atoms with E-state index >= 15 is 0 Å². The summed E-state index contributed by atoms with van der Waals surface area (Å²) in [5.41, 5.74) is 0.922. The van der Waals surface area contributed by atoms with E-state index in [1.165, 1.54) is 12.1 Å². The third-order valence-corrected chi connectivity index (χ3v) is 2.70. The molecule has 1 nitrogen and oxygen atoms in total. The Hall–Kier alpha value is -1.48. The van der Waals surface area contributed by atoms with Crippen LogP contribution in [-0.4, -0.2) is 4.98 Å². The van der Waals surface area contributed by atoms with Gasteiger partial charge in [0.05, 0.1) is 5.38 Å². The van der Waals surface area contributed by atoms with Gasteiger partial charge >= 0.3 is 0 Å². The molecule has 0 radical (unpaired) electrons. The number of hydrogen-bond donors (Lipinski definition) is 0. The smallest absolute Gasteiger partial charge is 0.131 e. The topological polar surface area (TPSA) is 12.9 Å². The summed E-state index contributed by atoms with van der Waals surface area (Å²) < 4.78 is 26.2. The first-order valence-electron chi connectivity index (χ1n) is 4.67. The molecular weight excluding hydrogens is 232 g/mol. The summed E-state index contributed by atoms with van der Waals surface area (Å²) in [4.78, 5) is 3.90. The highest BCUT2D eigenvalue weighted by atomic mass is 35.5. The fraction of sp³-hybridized carbons (Fsp3) is 0.0833. The van der Waals surface area contributed by atoms with Gasteiger partial charge in [0.15, 0.2) is 0 Å². The Morgan fingerprint density at radius 3 is 2.62 bits per heavy atom. The number of halogens is 3. The predicted molar refractivity (Wildman–Crippen MR) is 58.3 cm³/mol. The highest BCUT2D eigenvalue weighted by Crippen LogP contribution is 2.30. The lowest BCUT2D eigenvalue weighted by Gasteiger charge is -2.10. The van der Waals surface area contributed by atoms with Gasteiger partial charge in [0.1, 0.15) is 11.6 Å². The van der Waals surface area contributed by atoms with E-state index in [-0.39, 0.29) is 5.56 Å². The van der Waals surface area contributed by atoms with Crippen molar-refractivity contribution in [3.63, 3.8) is 0 Å². The Morgan fingerprint density at radius 1 is 1.19 bits per heavy atom. The highest BCUT2D eigenvalue weighted by Gasteiger charge is 2.15. The minimum absolute atomic E-state index is 0.246. The van der Waals surface area contributed by atoms with Crippen LogP contribution in [0.5, 0.6) is 0 Å². The highest BCUT2D eigenvalue weighted by molar-refractivity contribution is 6.22. The first-order chi connectivity index (χ1) is 7.68. The van der Waals surface area contributed by atoms with E-state index in [4.69, 9.17) is 11.6 Å². The van der Waals surface area contributed by atoms with Crippen molar-refractivity contribution in [1.29, 1.82) is 0 Å². The largest absolute Gasteiger partial charge is 0.264 e. The molecule has 1 atom stereocenters. The van der Waals surface area contributed by atoms with Crippen molar-refractivity contribution in [3.8, 4) is 0 Å². The third-order valence-electron chi connectivity index (χ3n) is 2.21. The van der Waals surface area contributed by atoms with Gasteiger partial charge in [-0.15, -0.1) is 11.6 Å². The van der Waals surface area contributed by atoms with Crippen LogP contribution in [0.3, 0.4) is 0 Å². The molecule has 0 spiro atoms. The number of hydrogen-bond acceptors (Lipinski definition) is 1. The van der Waals surface area contributed by atoms with Gasteiger partial charge in [-0.1, -0.05) is 12.1 Å². The fourth-order valence-corrected chi connectivity index (χ4v) is 1.72. The summed E-state index contributed by atoms with van der Waals surface area (Å²) in [6.07, 6.45) is 3.16. The van der Waals surface area contributed by atoms with E-state index in [1.54, 1.807) is 24.5 Å².